The number of aromatic nitrogens is 2. The molecule has 1 aliphatic heterocycles. The molecule has 0 saturated carbocycles. The highest BCUT2D eigenvalue weighted by Gasteiger charge is 2.35. The first-order valence-corrected chi connectivity index (χ1v) is 9.90. The van der Waals surface area contributed by atoms with Gasteiger partial charge >= 0.3 is 0 Å². The number of nitrogens with zero attached hydrogens (tertiary/aromatic N) is 2. The van der Waals surface area contributed by atoms with Crippen LogP contribution in [0.15, 0.2) is 18.2 Å². The van der Waals surface area contributed by atoms with E-state index in [2.05, 4.69) is 44.0 Å². The summed E-state index contributed by atoms with van der Waals surface area (Å²) in [5, 5.41) is 17.6. The lowest BCUT2D eigenvalue weighted by Gasteiger charge is -2.27. The van der Waals surface area contributed by atoms with E-state index in [1.54, 1.807) is 0 Å². The standard InChI is InChI=1S/C22H29N3O2/c1-13(2)7-16(12-26)25-11-15-8-14(5-6-17(15)21(25)27)20-18-9-22(3,4)10-19(18)23-24-20/h5-6,8,13,16,26H,7,9-12H2,1-4H3,(H,23,24)/t16-/m1/s1. The second-order valence-electron chi connectivity index (χ2n) is 9.32. The largest absolute Gasteiger partial charge is 0.394 e. The second kappa shape index (κ2) is 6.48. The molecule has 2 heterocycles. The number of hydrogen-bond acceptors (Lipinski definition) is 3. The number of aliphatic hydroxyl groups excluding tert-OH is 1. The van der Waals surface area contributed by atoms with Crippen molar-refractivity contribution < 1.29 is 9.90 Å². The lowest BCUT2D eigenvalue weighted by atomic mass is 9.90. The molecule has 0 radical (unpaired) electrons. The monoisotopic (exact) mass is 367 g/mol. The Morgan fingerprint density at radius 3 is 2.78 bits per heavy atom. The maximum absolute atomic E-state index is 12.8. The molecular formula is C22H29N3O2. The van der Waals surface area contributed by atoms with Crippen molar-refractivity contribution in [2.75, 3.05) is 6.61 Å². The lowest BCUT2D eigenvalue weighted by Crippen LogP contribution is -2.39. The Morgan fingerprint density at radius 1 is 1.30 bits per heavy atom. The first-order chi connectivity index (χ1) is 12.8. The summed E-state index contributed by atoms with van der Waals surface area (Å²) in [6.45, 7) is 9.38. The van der Waals surface area contributed by atoms with Crippen molar-refractivity contribution in [3.05, 3.63) is 40.6 Å². The van der Waals surface area contributed by atoms with Crippen LogP contribution in [0.1, 0.15) is 61.3 Å². The normalized spacial score (nSPS) is 18.9. The molecule has 1 aromatic carbocycles. The number of nitrogens with one attached hydrogen (secondary N) is 1. The van der Waals surface area contributed by atoms with Gasteiger partial charge in [0.15, 0.2) is 0 Å². The van der Waals surface area contributed by atoms with Crippen LogP contribution in [-0.4, -0.2) is 38.8 Å². The van der Waals surface area contributed by atoms with Gasteiger partial charge in [0, 0.05) is 28.9 Å². The number of rotatable bonds is 5. The van der Waals surface area contributed by atoms with Gasteiger partial charge in [0.1, 0.15) is 0 Å². The van der Waals surface area contributed by atoms with Gasteiger partial charge in [-0.25, -0.2) is 0 Å². The van der Waals surface area contributed by atoms with Crippen LogP contribution in [-0.2, 0) is 19.4 Å². The zero-order valence-electron chi connectivity index (χ0n) is 16.7. The van der Waals surface area contributed by atoms with Crippen molar-refractivity contribution in [3.8, 4) is 11.3 Å². The van der Waals surface area contributed by atoms with E-state index in [0.29, 0.717) is 12.5 Å². The van der Waals surface area contributed by atoms with Crippen LogP contribution in [0, 0.1) is 11.3 Å². The number of aliphatic hydroxyl groups is 1. The van der Waals surface area contributed by atoms with Gasteiger partial charge in [0.05, 0.1) is 18.3 Å². The van der Waals surface area contributed by atoms with Crippen LogP contribution in [0.2, 0.25) is 0 Å². The molecule has 0 unspecified atom stereocenters. The average molecular weight is 367 g/mol. The molecule has 5 nitrogen and oxygen atoms in total. The third-order valence-electron chi connectivity index (χ3n) is 5.87. The van der Waals surface area contributed by atoms with E-state index in [-0.39, 0.29) is 24.0 Å². The maximum atomic E-state index is 12.8. The highest BCUT2D eigenvalue weighted by atomic mass is 16.3. The van der Waals surface area contributed by atoms with Crippen molar-refractivity contribution >= 4 is 5.91 Å². The smallest absolute Gasteiger partial charge is 0.254 e. The Kier molecular flexibility index (Phi) is 4.38. The number of H-pyrrole nitrogens is 1. The van der Waals surface area contributed by atoms with Crippen LogP contribution in [0.5, 0.6) is 0 Å². The van der Waals surface area contributed by atoms with Crippen LogP contribution in [0.3, 0.4) is 0 Å². The fraction of sp³-hybridized carbons (Fsp3) is 0.545. The molecular weight excluding hydrogens is 338 g/mol. The Labute approximate surface area is 160 Å². The number of carbonyl (C=O) groups is 1. The van der Waals surface area contributed by atoms with Gasteiger partial charge in [-0.1, -0.05) is 33.8 Å². The second-order valence-corrected chi connectivity index (χ2v) is 9.32. The summed E-state index contributed by atoms with van der Waals surface area (Å²) in [5.74, 6) is 0.467. The summed E-state index contributed by atoms with van der Waals surface area (Å²) < 4.78 is 0. The lowest BCUT2D eigenvalue weighted by molar-refractivity contribution is 0.0582. The highest BCUT2D eigenvalue weighted by Crippen LogP contribution is 2.40. The van der Waals surface area contributed by atoms with Gasteiger partial charge in [0.25, 0.3) is 5.91 Å². The fourth-order valence-electron chi connectivity index (χ4n) is 4.63. The van der Waals surface area contributed by atoms with Crippen molar-refractivity contribution in [1.29, 1.82) is 0 Å². The SMILES string of the molecule is CC(C)C[C@H](CO)N1Cc2cc(-c3n[nH]c4c3CC(C)(C)C4)ccc2C1=O. The average Bonchev–Trinajstić information content (AvgIpc) is 3.22. The van der Waals surface area contributed by atoms with Gasteiger partial charge < -0.3 is 10.0 Å². The van der Waals surface area contributed by atoms with Crippen LogP contribution >= 0.6 is 0 Å². The molecule has 0 bridgehead atoms. The molecule has 2 aromatic rings. The number of hydrogen-bond donors (Lipinski definition) is 2. The zero-order chi connectivity index (χ0) is 19.3. The quantitative estimate of drug-likeness (QED) is 0.849. The highest BCUT2D eigenvalue weighted by molar-refractivity contribution is 5.99. The summed E-state index contributed by atoms with van der Waals surface area (Å²) in [7, 11) is 0. The van der Waals surface area contributed by atoms with Crippen LogP contribution < -0.4 is 0 Å². The Bertz CT molecular complexity index is 882. The first-order valence-electron chi connectivity index (χ1n) is 9.90. The van der Waals surface area contributed by atoms with Gasteiger partial charge in [-0.2, -0.15) is 5.10 Å². The van der Waals surface area contributed by atoms with E-state index in [9.17, 15) is 9.90 Å². The molecule has 4 rings (SSSR count). The number of benzene rings is 1. The molecule has 5 heteroatoms. The minimum atomic E-state index is -0.121. The summed E-state index contributed by atoms with van der Waals surface area (Å²) in [5.41, 5.74) is 6.71. The Morgan fingerprint density at radius 2 is 2.07 bits per heavy atom. The number of aromatic amines is 1. The van der Waals surface area contributed by atoms with Gasteiger partial charge in [-0.15, -0.1) is 0 Å². The fourth-order valence-corrected chi connectivity index (χ4v) is 4.63. The molecule has 1 aromatic heterocycles. The van der Waals surface area contributed by atoms with Gasteiger partial charge in [-0.3, -0.25) is 9.89 Å². The topological polar surface area (TPSA) is 69.2 Å². The predicted molar refractivity (Wildman–Crippen MR) is 105 cm³/mol. The molecule has 1 amide bonds. The van der Waals surface area contributed by atoms with E-state index >= 15 is 0 Å². The number of amides is 1. The maximum Gasteiger partial charge on any atom is 0.254 e. The molecule has 144 valence electrons. The Hall–Kier alpha value is -2.14. The Balaban J connectivity index is 1.63. The molecule has 27 heavy (non-hydrogen) atoms. The van der Waals surface area contributed by atoms with E-state index in [4.69, 9.17) is 0 Å². The van der Waals surface area contributed by atoms with E-state index in [1.165, 1.54) is 11.3 Å². The van der Waals surface area contributed by atoms with Gasteiger partial charge in [0.2, 0.25) is 0 Å². The third kappa shape index (κ3) is 3.18. The molecule has 0 fully saturated rings. The first kappa shape index (κ1) is 18.2. The van der Waals surface area contributed by atoms with Crippen molar-refractivity contribution in [3.63, 3.8) is 0 Å². The summed E-state index contributed by atoms with van der Waals surface area (Å²) in [6.07, 6.45) is 2.86. The minimum absolute atomic E-state index is 0.00667. The molecule has 1 atom stereocenters. The molecule has 0 spiro atoms. The van der Waals surface area contributed by atoms with E-state index in [1.807, 2.05) is 17.0 Å². The molecule has 2 aliphatic rings. The number of fused-ring (bicyclic) bond motifs is 2. The van der Waals surface area contributed by atoms with Crippen molar-refractivity contribution in [1.82, 2.24) is 15.1 Å². The predicted octanol–water partition coefficient (Wildman–Crippen LogP) is 3.56. The summed E-state index contributed by atoms with van der Waals surface area (Å²) in [6, 6.07) is 5.93. The van der Waals surface area contributed by atoms with E-state index < -0.39 is 0 Å². The molecule has 1 aliphatic carbocycles. The zero-order valence-corrected chi connectivity index (χ0v) is 16.7. The van der Waals surface area contributed by atoms with Crippen molar-refractivity contribution in [2.45, 2.75) is 59.5 Å². The van der Waals surface area contributed by atoms with Crippen LogP contribution in [0.4, 0.5) is 0 Å². The molecule has 0 saturated heterocycles. The summed E-state index contributed by atoms with van der Waals surface area (Å²) in [4.78, 5) is 14.7. The van der Waals surface area contributed by atoms with Crippen molar-refractivity contribution in [2.24, 2.45) is 11.3 Å². The van der Waals surface area contributed by atoms with Crippen LogP contribution in [0.25, 0.3) is 11.3 Å². The van der Waals surface area contributed by atoms with Gasteiger partial charge in [-0.05, 0) is 48.3 Å². The third-order valence-corrected chi connectivity index (χ3v) is 5.87. The van der Waals surface area contributed by atoms with E-state index in [0.717, 1.165) is 41.6 Å². The molecule has 2 N–H and O–H groups in total. The minimum Gasteiger partial charge on any atom is -0.394 e. The number of carbonyl (C=O) groups excluding carboxylic acids is 1. The summed E-state index contributed by atoms with van der Waals surface area (Å²) >= 11 is 0.